The lowest BCUT2D eigenvalue weighted by molar-refractivity contribution is -0.0967. The first kappa shape index (κ1) is 12.9. The third-order valence-electron chi connectivity index (χ3n) is 3.19. The summed E-state index contributed by atoms with van der Waals surface area (Å²) in [6.45, 7) is 0.982. The van der Waals surface area contributed by atoms with Crippen LogP contribution in [-0.4, -0.2) is 20.3 Å². The molecule has 0 bridgehead atoms. The van der Waals surface area contributed by atoms with Crippen LogP contribution < -0.4 is 0 Å². The SMILES string of the molecule is COC1(c2cc(F)c(Br)cc2F)CCOCC1. The van der Waals surface area contributed by atoms with Crippen molar-refractivity contribution in [2.24, 2.45) is 0 Å². The molecule has 0 unspecified atom stereocenters. The van der Waals surface area contributed by atoms with E-state index in [2.05, 4.69) is 15.9 Å². The van der Waals surface area contributed by atoms with Gasteiger partial charge in [0, 0.05) is 38.7 Å². The first-order chi connectivity index (χ1) is 8.09. The molecule has 0 amide bonds. The van der Waals surface area contributed by atoms with Crippen LogP contribution in [0, 0.1) is 11.6 Å². The van der Waals surface area contributed by atoms with Crippen molar-refractivity contribution in [3.8, 4) is 0 Å². The number of ether oxygens (including phenoxy) is 2. The van der Waals surface area contributed by atoms with E-state index >= 15 is 0 Å². The molecule has 1 heterocycles. The fraction of sp³-hybridized carbons (Fsp3) is 0.500. The minimum absolute atomic E-state index is 0.122. The van der Waals surface area contributed by atoms with Crippen molar-refractivity contribution < 1.29 is 18.3 Å². The molecule has 1 aliphatic rings. The molecule has 0 aromatic heterocycles. The van der Waals surface area contributed by atoms with Crippen LogP contribution in [0.3, 0.4) is 0 Å². The highest BCUT2D eigenvalue weighted by molar-refractivity contribution is 9.10. The molecule has 1 aliphatic heterocycles. The van der Waals surface area contributed by atoms with Crippen molar-refractivity contribution in [2.45, 2.75) is 18.4 Å². The molecular formula is C12H13BrF2O2. The van der Waals surface area contributed by atoms with E-state index in [9.17, 15) is 8.78 Å². The van der Waals surface area contributed by atoms with Crippen LogP contribution in [-0.2, 0) is 15.1 Å². The molecule has 1 fully saturated rings. The van der Waals surface area contributed by atoms with E-state index in [1.54, 1.807) is 0 Å². The van der Waals surface area contributed by atoms with Gasteiger partial charge in [0.05, 0.1) is 4.47 Å². The summed E-state index contributed by atoms with van der Waals surface area (Å²) in [6, 6.07) is 2.34. The van der Waals surface area contributed by atoms with E-state index in [0.717, 1.165) is 6.07 Å². The van der Waals surface area contributed by atoms with E-state index in [1.807, 2.05) is 0 Å². The normalized spacial score (nSPS) is 19.3. The highest BCUT2D eigenvalue weighted by atomic mass is 79.9. The zero-order chi connectivity index (χ0) is 12.5. The Hall–Kier alpha value is -0.520. The van der Waals surface area contributed by atoms with E-state index in [0.29, 0.717) is 26.1 Å². The molecule has 1 aromatic rings. The second kappa shape index (κ2) is 5.00. The van der Waals surface area contributed by atoms with Crippen LogP contribution >= 0.6 is 15.9 Å². The molecule has 0 radical (unpaired) electrons. The molecule has 2 rings (SSSR count). The van der Waals surface area contributed by atoms with E-state index in [4.69, 9.17) is 9.47 Å². The Morgan fingerprint density at radius 2 is 1.88 bits per heavy atom. The Balaban J connectivity index is 2.46. The maximum atomic E-state index is 13.9. The maximum absolute atomic E-state index is 13.9. The van der Waals surface area contributed by atoms with Gasteiger partial charge in [-0.1, -0.05) is 0 Å². The molecule has 5 heteroatoms. The van der Waals surface area contributed by atoms with Gasteiger partial charge in [0.1, 0.15) is 17.2 Å². The minimum Gasteiger partial charge on any atom is -0.381 e. The number of rotatable bonds is 2. The van der Waals surface area contributed by atoms with Gasteiger partial charge in [-0.15, -0.1) is 0 Å². The van der Waals surface area contributed by atoms with E-state index in [1.165, 1.54) is 13.2 Å². The molecule has 17 heavy (non-hydrogen) atoms. The van der Waals surface area contributed by atoms with Crippen LogP contribution in [0.5, 0.6) is 0 Å². The molecule has 1 aromatic carbocycles. The Morgan fingerprint density at radius 3 is 2.47 bits per heavy atom. The van der Waals surface area contributed by atoms with Gasteiger partial charge in [0.2, 0.25) is 0 Å². The maximum Gasteiger partial charge on any atom is 0.137 e. The summed E-state index contributed by atoms with van der Waals surface area (Å²) in [5.41, 5.74) is -0.506. The predicted octanol–water partition coefficient (Wildman–Crippen LogP) is 3.38. The highest BCUT2D eigenvalue weighted by Gasteiger charge is 2.37. The second-order valence-electron chi connectivity index (χ2n) is 4.06. The lowest BCUT2D eigenvalue weighted by atomic mass is 9.85. The second-order valence-corrected chi connectivity index (χ2v) is 4.91. The Morgan fingerprint density at radius 1 is 1.24 bits per heavy atom. The van der Waals surface area contributed by atoms with Gasteiger partial charge in [-0.25, -0.2) is 8.78 Å². The van der Waals surface area contributed by atoms with Crippen LogP contribution in [0.4, 0.5) is 8.78 Å². The van der Waals surface area contributed by atoms with Crippen LogP contribution in [0.1, 0.15) is 18.4 Å². The fourth-order valence-corrected chi connectivity index (χ4v) is 2.47. The summed E-state index contributed by atoms with van der Waals surface area (Å²) in [4.78, 5) is 0. The smallest absolute Gasteiger partial charge is 0.137 e. The van der Waals surface area contributed by atoms with E-state index < -0.39 is 17.2 Å². The quantitative estimate of drug-likeness (QED) is 0.780. The summed E-state index contributed by atoms with van der Waals surface area (Å²) in [6.07, 6.45) is 1.06. The van der Waals surface area contributed by atoms with Crippen molar-refractivity contribution in [3.63, 3.8) is 0 Å². The van der Waals surface area contributed by atoms with Crippen molar-refractivity contribution >= 4 is 15.9 Å². The summed E-state index contributed by atoms with van der Waals surface area (Å²) in [5.74, 6) is -0.939. The lowest BCUT2D eigenvalue weighted by Gasteiger charge is -2.36. The first-order valence-electron chi connectivity index (χ1n) is 5.37. The summed E-state index contributed by atoms with van der Waals surface area (Å²) in [5, 5.41) is 0. The summed E-state index contributed by atoms with van der Waals surface area (Å²) < 4.78 is 38.2. The fourth-order valence-electron chi connectivity index (χ4n) is 2.16. The van der Waals surface area contributed by atoms with Crippen molar-refractivity contribution in [3.05, 3.63) is 33.8 Å². The van der Waals surface area contributed by atoms with Gasteiger partial charge >= 0.3 is 0 Å². The summed E-state index contributed by atoms with van der Waals surface area (Å²) in [7, 11) is 1.52. The Bertz CT molecular complexity index is 417. The average Bonchev–Trinajstić information content (AvgIpc) is 2.34. The largest absolute Gasteiger partial charge is 0.381 e. The number of hydrogen-bond donors (Lipinski definition) is 0. The van der Waals surface area contributed by atoms with E-state index in [-0.39, 0.29) is 10.0 Å². The number of halogens is 3. The van der Waals surface area contributed by atoms with Gasteiger partial charge in [-0.3, -0.25) is 0 Å². The van der Waals surface area contributed by atoms with Gasteiger partial charge in [0.25, 0.3) is 0 Å². The Kier molecular flexibility index (Phi) is 3.80. The third-order valence-corrected chi connectivity index (χ3v) is 3.80. The van der Waals surface area contributed by atoms with Gasteiger partial charge < -0.3 is 9.47 Å². The van der Waals surface area contributed by atoms with Crippen molar-refractivity contribution in [1.29, 1.82) is 0 Å². The van der Waals surface area contributed by atoms with Crippen LogP contribution in [0.15, 0.2) is 16.6 Å². The zero-order valence-electron chi connectivity index (χ0n) is 9.43. The molecule has 0 atom stereocenters. The standard InChI is InChI=1S/C12H13BrF2O2/c1-16-12(2-4-17-5-3-12)8-6-11(15)9(13)7-10(8)14/h6-7H,2-5H2,1H3. The number of hydrogen-bond acceptors (Lipinski definition) is 2. The van der Waals surface area contributed by atoms with Gasteiger partial charge in [-0.2, -0.15) is 0 Å². The minimum atomic E-state index is -0.774. The van der Waals surface area contributed by atoms with Crippen molar-refractivity contribution in [2.75, 3.05) is 20.3 Å². The van der Waals surface area contributed by atoms with Gasteiger partial charge in [-0.05, 0) is 28.1 Å². The van der Waals surface area contributed by atoms with Crippen molar-refractivity contribution in [1.82, 2.24) is 0 Å². The van der Waals surface area contributed by atoms with Crippen LogP contribution in [0.25, 0.3) is 0 Å². The molecule has 0 saturated carbocycles. The predicted molar refractivity (Wildman–Crippen MR) is 62.8 cm³/mol. The molecule has 1 saturated heterocycles. The monoisotopic (exact) mass is 306 g/mol. The highest BCUT2D eigenvalue weighted by Crippen LogP contribution is 2.38. The molecule has 0 N–H and O–H groups in total. The molecule has 0 aliphatic carbocycles. The first-order valence-corrected chi connectivity index (χ1v) is 6.16. The Labute approximate surface area is 107 Å². The van der Waals surface area contributed by atoms with Gasteiger partial charge in [0.15, 0.2) is 0 Å². The number of methoxy groups -OCH3 is 1. The average molecular weight is 307 g/mol. The zero-order valence-corrected chi connectivity index (χ0v) is 11.0. The summed E-state index contributed by atoms with van der Waals surface area (Å²) >= 11 is 2.96. The van der Waals surface area contributed by atoms with Crippen LogP contribution in [0.2, 0.25) is 0 Å². The third kappa shape index (κ3) is 2.37. The lowest BCUT2D eigenvalue weighted by Crippen LogP contribution is -2.36. The molecule has 2 nitrogen and oxygen atoms in total. The molecular weight excluding hydrogens is 294 g/mol. The topological polar surface area (TPSA) is 18.5 Å². The number of benzene rings is 1. The molecule has 94 valence electrons. The molecule has 0 spiro atoms.